The van der Waals surface area contributed by atoms with Gasteiger partial charge >= 0.3 is 0 Å². The molecular weight excluding hydrogens is 500 g/mol. The fourth-order valence-electron chi connectivity index (χ4n) is 5.19. The summed E-state index contributed by atoms with van der Waals surface area (Å²) in [5.41, 5.74) is 0.178. The van der Waals surface area contributed by atoms with Gasteiger partial charge in [-0.1, -0.05) is 0 Å². The van der Waals surface area contributed by atoms with Gasteiger partial charge in [0.25, 0.3) is 0 Å². The third-order valence-corrected chi connectivity index (χ3v) is 10.6. The third-order valence-electron chi connectivity index (χ3n) is 7.47. The second-order valence-corrected chi connectivity index (χ2v) is 13.3. The second kappa shape index (κ2) is 9.83. The highest BCUT2D eigenvalue weighted by Crippen LogP contribution is 2.36. The fourth-order valence-corrected chi connectivity index (χ4v) is 7.97. The minimum Gasteiger partial charge on any atom is -0.388 e. The van der Waals surface area contributed by atoms with Crippen LogP contribution in [0, 0.1) is 11.3 Å². The quantitative estimate of drug-likeness (QED) is 0.481. The van der Waals surface area contributed by atoms with Gasteiger partial charge in [0.15, 0.2) is 5.69 Å². The number of hydrogen-bond acceptors (Lipinski definition) is 11. The normalized spacial score (nSPS) is 26.4. The Hall–Kier alpha value is -2.37. The van der Waals surface area contributed by atoms with Gasteiger partial charge in [0.1, 0.15) is 22.1 Å². The first-order valence-electron chi connectivity index (χ1n) is 12.3. The van der Waals surface area contributed by atoms with Gasteiger partial charge in [0.05, 0.1) is 17.2 Å². The molecule has 36 heavy (non-hydrogen) atoms. The van der Waals surface area contributed by atoms with Crippen LogP contribution in [0.2, 0.25) is 0 Å². The predicted octanol–water partition coefficient (Wildman–Crippen LogP) is 1.71. The maximum absolute atomic E-state index is 12.8. The lowest BCUT2D eigenvalue weighted by molar-refractivity contribution is 0.0577. The number of likely N-dealkylation sites (tertiary alicyclic amines) is 1. The number of aromatic nitrogens is 3. The van der Waals surface area contributed by atoms with Crippen LogP contribution in [0.1, 0.15) is 44.7 Å². The number of sulfonamides is 1. The van der Waals surface area contributed by atoms with Gasteiger partial charge < -0.3 is 20.6 Å². The summed E-state index contributed by atoms with van der Waals surface area (Å²) in [5.74, 6) is 1.01. The fraction of sp³-hybridized carbons (Fsp3) is 0.652. The van der Waals surface area contributed by atoms with Crippen LogP contribution in [0.3, 0.4) is 0 Å². The molecule has 0 unspecified atom stereocenters. The maximum atomic E-state index is 12.8. The number of anilines is 2. The van der Waals surface area contributed by atoms with Gasteiger partial charge in [-0.3, -0.25) is 0 Å². The minimum atomic E-state index is -3.25. The minimum absolute atomic E-state index is 0.0545. The zero-order chi connectivity index (χ0) is 25.5. The molecule has 2 aliphatic heterocycles. The van der Waals surface area contributed by atoms with Crippen molar-refractivity contribution in [3.63, 3.8) is 0 Å². The van der Waals surface area contributed by atoms with Crippen LogP contribution < -0.4 is 10.6 Å². The van der Waals surface area contributed by atoms with E-state index >= 15 is 0 Å². The molecule has 0 aromatic carbocycles. The average Bonchev–Trinajstić information content (AvgIpc) is 3.43. The number of hydrogen-bond donors (Lipinski definition) is 3. The van der Waals surface area contributed by atoms with Gasteiger partial charge in [-0.2, -0.15) is 10.2 Å². The Balaban J connectivity index is 1.30. The van der Waals surface area contributed by atoms with E-state index in [0.717, 1.165) is 12.8 Å². The van der Waals surface area contributed by atoms with Crippen LogP contribution in [0.4, 0.5) is 11.8 Å². The number of aliphatic hydroxyl groups is 1. The Morgan fingerprint density at radius 1 is 1.22 bits per heavy atom. The van der Waals surface area contributed by atoms with E-state index in [1.54, 1.807) is 15.9 Å². The van der Waals surface area contributed by atoms with E-state index < -0.39 is 15.6 Å². The molecular formula is C23H32N8O3S2. The van der Waals surface area contributed by atoms with Crippen molar-refractivity contribution >= 4 is 33.1 Å². The lowest BCUT2D eigenvalue weighted by atomic mass is 10.0. The Morgan fingerprint density at radius 2 is 1.97 bits per heavy atom. The van der Waals surface area contributed by atoms with E-state index in [9.17, 15) is 18.8 Å². The number of piperidine rings is 1. The largest absolute Gasteiger partial charge is 0.388 e. The molecule has 1 saturated carbocycles. The highest BCUT2D eigenvalue weighted by Gasteiger charge is 2.41. The molecule has 3 N–H and O–H groups in total. The van der Waals surface area contributed by atoms with Crippen LogP contribution in [0.15, 0.2) is 11.6 Å². The molecule has 2 atom stereocenters. The Bertz CT molecular complexity index is 1240. The molecule has 1 aliphatic carbocycles. The Kier molecular flexibility index (Phi) is 6.90. The summed E-state index contributed by atoms with van der Waals surface area (Å²) in [6, 6.07) is 1.95. The molecule has 13 heteroatoms. The summed E-state index contributed by atoms with van der Waals surface area (Å²) in [6.07, 6.45) is 5.49. The number of nitriles is 1. The molecule has 4 heterocycles. The molecule has 0 amide bonds. The van der Waals surface area contributed by atoms with Crippen LogP contribution in [-0.4, -0.2) is 93.8 Å². The van der Waals surface area contributed by atoms with Gasteiger partial charge in [0.2, 0.25) is 16.0 Å². The SMILES string of the molecule is CN1CC(S(=O)(=O)N2CCC(Nc3ncc(-c4nc(C#N)cs4)c(N[C@@H]4CCC[C@@]4(C)O)n3)CC2)C1. The van der Waals surface area contributed by atoms with E-state index in [0.29, 0.717) is 73.5 Å². The average molecular weight is 533 g/mol. The van der Waals surface area contributed by atoms with Crippen LogP contribution in [0.5, 0.6) is 0 Å². The molecule has 11 nitrogen and oxygen atoms in total. The maximum Gasteiger partial charge on any atom is 0.224 e. The van der Waals surface area contributed by atoms with E-state index in [-0.39, 0.29) is 17.3 Å². The number of nitrogens with zero attached hydrogens (tertiary/aromatic N) is 6. The van der Waals surface area contributed by atoms with Crippen LogP contribution >= 0.6 is 11.3 Å². The monoisotopic (exact) mass is 532 g/mol. The molecule has 0 bridgehead atoms. The summed E-state index contributed by atoms with van der Waals surface area (Å²) in [5, 5.41) is 28.8. The lowest BCUT2D eigenvalue weighted by Crippen LogP contribution is -2.58. The zero-order valence-electron chi connectivity index (χ0n) is 20.5. The first-order chi connectivity index (χ1) is 17.2. The Morgan fingerprint density at radius 3 is 2.58 bits per heavy atom. The number of nitrogens with one attached hydrogen (secondary N) is 2. The van der Waals surface area contributed by atoms with E-state index in [2.05, 4.69) is 26.7 Å². The van der Waals surface area contributed by atoms with Crippen LogP contribution in [0.25, 0.3) is 10.6 Å². The zero-order valence-corrected chi connectivity index (χ0v) is 22.1. The smallest absolute Gasteiger partial charge is 0.224 e. The van der Waals surface area contributed by atoms with E-state index in [4.69, 9.17) is 4.98 Å². The van der Waals surface area contributed by atoms with E-state index in [1.165, 1.54) is 11.3 Å². The topological polar surface area (TPSA) is 147 Å². The molecule has 194 valence electrons. The molecule has 2 aromatic rings. The van der Waals surface area contributed by atoms with Crippen molar-refractivity contribution in [2.24, 2.45) is 0 Å². The first-order valence-corrected chi connectivity index (χ1v) is 14.7. The van der Waals surface area contributed by atoms with Crippen molar-refractivity contribution in [2.75, 3.05) is 43.9 Å². The number of rotatable bonds is 7. The number of thiazole rings is 1. The van der Waals surface area contributed by atoms with Gasteiger partial charge in [-0.05, 0) is 46.1 Å². The van der Waals surface area contributed by atoms with Crippen molar-refractivity contribution < 1.29 is 13.5 Å². The van der Waals surface area contributed by atoms with Gasteiger partial charge in [-0.15, -0.1) is 11.3 Å². The van der Waals surface area contributed by atoms with Crippen molar-refractivity contribution in [3.05, 3.63) is 17.3 Å². The predicted molar refractivity (Wildman–Crippen MR) is 138 cm³/mol. The van der Waals surface area contributed by atoms with E-state index in [1.807, 2.05) is 18.9 Å². The molecule has 0 radical (unpaired) electrons. The highest BCUT2D eigenvalue weighted by atomic mass is 32.2. The molecule has 3 aliphatic rings. The van der Waals surface area contributed by atoms with Gasteiger partial charge in [0, 0.05) is 43.8 Å². The molecule has 5 rings (SSSR count). The molecule has 2 aromatic heterocycles. The van der Waals surface area contributed by atoms with Crippen molar-refractivity contribution in [1.82, 2.24) is 24.2 Å². The van der Waals surface area contributed by atoms with Gasteiger partial charge in [-0.25, -0.2) is 22.7 Å². The first kappa shape index (κ1) is 25.3. The standard InChI is InChI=1S/C23H32N8O3S2/c1-23(32)7-3-4-19(23)28-20-18(21-26-16(10-24)14-35-21)11-25-22(29-20)27-15-5-8-31(9-6-15)36(33,34)17-12-30(2)13-17/h11,14-15,17,19,32H,3-9,12-13H2,1-2H3,(H2,25,27,28,29)/t19-,23-/m1/s1. The summed E-state index contributed by atoms with van der Waals surface area (Å²) in [6.45, 7) is 3.98. The summed E-state index contributed by atoms with van der Waals surface area (Å²) in [7, 11) is -1.32. The van der Waals surface area contributed by atoms with Crippen molar-refractivity contribution in [2.45, 2.75) is 62.0 Å². The molecule has 3 fully saturated rings. The van der Waals surface area contributed by atoms with Crippen LogP contribution in [-0.2, 0) is 10.0 Å². The van der Waals surface area contributed by atoms with Crippen molar-refractivity contribution in [3.8, 4) is 16.6 Å². The summed E-state index contributed by atoms with van der Waals surface area (Å²) in [4.78, 5) is 15.6. The third kappa shape index (κ3) is 5.05. The van der Waals surface area contributed by atoms with Crippen molar-refractivity contribution in [1.29, 1.82) is 5.26 Å². The Labute approximate surface area is 215 Å². The second-order valence-electron chi connectivity index (χ2n) is 10.3. The highest BCUT2D eigenvalue weighted by molar-refractivity contribution is 7.89. The summed E-state index contributed by atoms with van der Waals surface area (Å²) >= 11 is 1.35. The molecule has 2 saturated heterocycles. The lowest BCUT2D eigenvalue weighted by Gasteiger charge is -2.40. The summed E-state index contributed by atoms with van der Waals surface area (Å²) < 4.78 is 27.3. The molecule has 0 spiro atoms.